The Morgan fingerprint density at radius 2 is 1.85 bits per heavy atom. The number of nitrogens with one attached hydrogen (secondary N) is 1. The minimum atomic E-state index is -4.50. The summed E-state index contributed by atoms with van der Waals surface area (Å²) in [6, 6.07) is 1.70. The van der Waals surface area contributed by atoms with Gasteiger partial charge in [0.05, 0.1) is 0 Å². The first-order valence-electron chi connectivity index (χ1n) is 3.05. The fraction of sp³-hybridized carbons (Fsp3) is 0. The predicted octanol–water partition coefficient (Wildman–Crippen LogP) is 1.13. The average molecular weight is 211 g/mol. The fourth-order valence-electron chi connectivity index (χ4n) is 0.735. The van der Waals surface area contributed by atoms with Crippen molar-refractivity contribution in [2.75, 3.05) is 0 Å². The topological polar surface area (TPSA) is 46.2 Å². The second-order valence-corrected chi connectivity index (χ2v) is 3.76. The third-order valence-corrected chi connectivity index (χ3v) is 2.40. The molecule has 0 saturated heterocycles. The van der Waals surface area contributed by atoms with E-state index < -0.39 is 26.6 Å². The maximum atomic E-state index is 12.7. The maximum absolute atomic E-state index is 12.7. The summed E-state index contributed by atoms with van der Waals surface area (Å²) >= 11 is 0. The van der Waals surface area contributed by atoms with E-state index in [2.05, 4.69) is 0 Å². The van der Waals surface area contributed by atoms with Crippen LogP contribution in [0.3, 0.4) is 0 Å². The number of hydrogen-bond acceptors (Lipinski definition) is 2. The molecule has 1 aromatic carbocycles. The first-order chi connectivity index (χ1) is 5.97. The Morgan fingerprint density at radius 1 is 1.23 bits per heavy atom. The van der Waals surface area contributed by atoms with Crippen LogP contribution in [0.5, 0.6) is 0 Å². The summed E-state index contributed by atoms with van der Waals surface area (Å²) in [6.45, 7) is 0. The van der Waals surface area contributed by atoms with Gasteiger partial charge in [0.2, 0.25) is 0 Å². The van der Waals surface area contributed by atoms with Crippen LogP contribution in [0.4, 0.5) is 13.3 Å². The minimum Gasteiger partial charge on any atom is -0.207 e. The van der Waals surface area contributed by atoms with Gasteiger partial charge in [0.1, 0.15) is 16.5 Å². The van der Waals surface area contributed by atoms with Gasteiger partial charge in [-0.05, 0) is 17.1 Å². The zero-order chi connectivity index (χ0) is 10.1. The number of benzene rings is 1. The molecule has 0 aliphatic rings. The van der Waals surface area contributed by atoms with Crippen molar-refractivity contribution in [3.05, 3.63) is 29.8 Å². The molecule has 0 aliphatic carbocycles. The van der Waals surface area contributed by atoms with Crippen LogP contribution in [0, 0.1) is 11.6 Å². The number of sulfonamides is 1. The highest BCUT2D eigenvalue weighted by Crippen LogP contribution is 2.14. The second kappa shape index (κ2) is 3.35. The van der Waals surface area contributed by atoms with Crippen LogP contribution in [0.15, 0.2) is 23.1 Å². The molecule has 0 fully saturated rings. The van der Waals surface area contributed by atoms with Crippen LogP contribution in [-0.4, -0.2) is 8.42 Å². The van der Waals surface area contributed by atoms with E-state index in [-0.39, 0.29) is 0 Å². The van der Waals surface area contributed by atoms with Crippen molar-refractivity contribution in [3.63, 3.8) is 0 Å². The van der Waals surface area contributed by atoms with Gasteiger partial charge in [-0.15, -0.1) is 4.48 Å². The molecular weight excluding hydrogens is 207 g/mol. The Bertz CT molecular complexity index is 418. The third kappa shape index (κ3) is 1.99. The normalized spacial score (nSPS) is 11.6. The highest BCUT2D eigenvalue weighted by Gasteiger charge is 2.18. The lowest BCUT2D eigenvalue weighted by Crippen LogP contribution is -2.16. The van der Waals surface area contributed by atoms with Crippen LogP contribution in [-0.2, 0) is 10.0 Å². The van der Waals surface area contributed by atoms with Crippen LogP contribution in [0.2, 0.25) is 0 Å². The van der Waals surface area contributed by atoms with Gasteiger partial charge < -0.3 is 0 Å². The molecule has 0 bridgehead atoms. The van der Waals surface area contributed by atoms with Crippen molar-refractivity contribution in [2.45, 2.75) is 4.90 Å². The summed E-state index contributed by atoms with van der Waals surface area (Å²) in [7, 11) is -4.50. The van der Waals surface area contributed by atoms with Crippen LogP contribution in [0.25, 0.3) is 0 Å². The maximum Gasteiger partial charge on any atom is 0.269 e. The molecule has 13 heavy (non-hydrogen) atoms. The van der Waals surface area contributed by atoms with E-state index in [4.69, 9.17) is 0 Å². The highest BCUT2D eigenvalue weighted by molar-refractivity contribution is 7.89. The Morgan fingerprint density at radius 3 is 2.31 bits per heavy atom. The Balaban J connectivity index is 3.33. The fourth-order valence-corrected chi connectivity index (χ4v) is 1.38. The van der Waals surface area contributed by atoms with Crippen LogP contribution in [0.1, 0.15) is 0 Å². The lowest BCUT2D eigenvalue weighted by Gasteiger charge is -2.00. The predicted molar refractivity (Wildman–Crippen MR) is 37.8 cm³/mol. The molecule has 0 spiro atoms. The van der Waals surface area contributed by atoms with Gasteiger partial charge in [0.25, 0.3) is 10.0 Å². The largest absolute Gasteiger partial charge is 0.269 e. The van der Waals surface area contributed by atoms with Gasteiger partial charge in [0, 0.05) is 6.07 Å². The molecule has 7 heteroatoms. The molecule has 0 saturated carbocycles. The molecule has 1 rings (SSSR count). The Hall–Kier alpha value is -1.08. The Labute approximate surface area is 72.2 Å². The van der Waals surface area contributed by atoms with Crippen LogP contribution >= 0.6 is 0 Å². The molecule has 0 amide bonds. The highest BCUT2D eigenvalue weighted by atomic mass is 32.2. The average Bonchev–Trinajstić information content (AvgIpc) is 2.03. The molecule has 0 heterocycles. The van der Waals surface area contributed by atoms with Crippen molar-refractivity contribution >= 4 is 10.0 Å². The standard InChI is InChI=1S/C6H4F3NO2S/c7-4-1-2-6(5(8)3-4)13(11,12)10-9/h1-3,10H. The van der Waals surface area contributed by atoms with E-state index in [0.717, 1.165) is 0 Å². The third-order valence-electron chi connectivity index (χ3n) is 1.29. The molecule has 0 atom stereocenters. The molecular formula is C6H4F3NO2S. The molecule has 0 unspecified atom stereocenters. The summed E-state index contributed by atoms with van der Waals surface area (Å²) < 4.78 is 58.0. The van der Waals surface area contributed by atoms with Crippen molar-refractivity contribution in [1.82, 2.24) is 4.94 Å². The number of hydrogen-bond donors (Lipinski definition) is 1. The van der Waals surface area contributed by atoms with Crippen molar-refractivity contribution in [3.8, 4) is 0 Å². The smallest absolute Gasteiger partial charge is 0.207 e. The van der Waals surface area contributed by atoms with Gasteiger partial charge in [0.15, 0.2) is 0 Å². The summed E-state index contributed by atoms with van der Waals surface area (Å²) in [5.74, 6) is -2.28. The summed E-state index contributed by atoms with van der Waals surface area (Å²) in [5.41, 5.74) is 0. The lowest BCUT2D eigenvalue weighted by molar-refractivity contribution is 0.422. The molecule has 1 N–H and O–H groups in total. The lowest BCUT2D eigenvalue weighted by atomic mass is 10.3. The van der Waals surface area contributed by atoms with Crippen molar-refractivity contribution in [1.29, 1.82) is 0 Å². The van der Waals surface area contributed by atoms with Gasteiger partial charge in [-0.1, -0.05) is 0 Å². The van der Waals surface area contributed by atoms with E-state index in [1.165, 1.54) is 0 Å². The van der Waals surface area contributed by atoms with E-state index >= 15 is 0 Å². The van der Waals surface area contributed by atoms with Crippen molar-refractivity contribution in [2.24, 2.45) is 0 Å². The molecule has 3 nitrogen and oxygen atoms in total. The van der Waals surface area contributed by atoms with Gasteiger partial charge in [-0.2, -0.15) is 0 Å². The van der Waals surface area contributed by atoms with E-state index in [1.54, 1.807) is 0 Å². The van der Waals surface area contributed by atoms with Crippen LogP contribution < -0.4 is 4.94 Å². The molecule has 1 aromatic rings. The summed E-state index contributed by atoms with van der Waals surface area (Å²) in [5, 5.41) is 0. The minimum absolute atomic E-state index is 0.351. The quantitative estimate of drug-likeness (QED) is 0.745. The first-order valence-corrected chi connectivity index (χ1v) is 4.53. The first kappa shape index (κ1) is 10.0. The second-order valence-electron chi connectivity index (χ2n) is 2.16. The van der Waals surface area contributed by atoms with E-state index in [9.17, 15) is 21.7 Å². The zero-order valence-corrected chi connectivity index (χ0v) is 6.91. The van der Waals surface area contributed by atoms with Gasteiger partial charge >= 0.3 is 0 Å². The van der Waals surface area contributed by atoms with Gasteiger partial charge in [-0.3, -0.25) is 0 Å². The Kier molecular flexibility index (Phi) is 2.58. The molecule has 0 aliphatic heterocycles. The molecule has 0 aromatic heterocycles. The van der Waals surface area contributed by atoms with Gasteiger partial charge in [-0.25, -0.2) is 17.2 Å². The van der Waals surface area contributed by atoms with E-state index in [0.29, 0.717) is 23.1 Å². The summed E-state index contributed by atoms with van der Waals surface area (Å²) in [6.07, 6.45) is 0. The molecule has 72 valence electrons. The molecule has 0 radical (unpaired) electrons. The zero-order valence-electron chi connectivity index (χ0n) is 6.09. The number of halogens is 3. The number of rotatable bonds is 2. The summed E-state index contributed by atoms with van der Waals surface area (Å²) in [4.78, 5) is -0.506. The monoisotopic (exact) mass is 211 g/mol. The van der Waals surface area contributed by atoms with E-state index in [1.807, 2.05) is 0 Å². The van der Waals surface area contributed by atoms with Crippen molar-refractivity contribution < 1.29 is 21.7 Å². The SMILES string of the molecule is O=S(=O)(NF)c1ccc(F)cc1F.